The van der Waals surface area contributed by atoms with Crippen LogP contribution in [0.1, 0.15) is 20.8 Å². The minimum absolute atomic E-state index is 0.186. The Morgan fingerprint density at radius 1 is 0.957 bits per heavy atom. The molecule has 0 aliphatic heterocycles. The fraction of sp³-hybridized carbons (Fsp3) is 0.316. The van der Waals surface area contributed by atoms with Crippen LogP contribution in [0.2, 0.25) is 0 Å². The third-order valence-electron chi connectivity index (χ3n) is 3.38. The number of hydrogen-bond acceptors (Lipinski definition) is 3. The quantitative estimate of drug-likeness (QED) is 0.400. The van der Waals surface area contributed by atoms with Crippen LogP contribution < -0.4 is 9.47 Å². The lowest BCUT2D eigenvalue weighted by atomic mass is 10.1. The lowest BCUT2D eigenvalue weighted by Crippen LogP contribution is -2.24. The predicted octanol–water partition coefficient (Wildman–Crippen LogP) is 5.08. The van der Waals surface area contributed by atoms with Crippen molar-refractivity contribution in [2.75, 3.05) is 6.61 Å². The van der Waals surface area contributed by atoms with E-state index in [1.165, 1.54) is 0 Å². The van der Waals surface area contributed by atoms with Crippen molar-refractivity contribution in [1.82, 2.24) is 0 Å². The Balaban J connectivity index is 2.05. The highest BCUT2D eigenvalue weighted by Gasteiger charge is 2.20. The van der Waals surface area contributed by atoms with Gasteiger partial charge in [0.15, 0.2) is 0 Å². The second-order valence-corrected chi connectivity index (χ2v) is 6.54. The Morgan fingerprint density at radius 3 is 1.87 bits per heavy atom. The maximum absolute atomic E-state index is 11.9. The summed E-state index contributed by atoms with van der Waals surface area (Å²) in [6.07, 6.45) is 0. The molecule has 23 heavy (non-hydrogen) atoms. The molecule has 0 amide bonds. The lowest BCUT2D eigenvalue weighted by molar-refractivity contribution is -0.134. The predicted molar refractivity (Wildman–Crippen MR) is 96.2 cm³/mol. The Hall–Kier alpha value is -1.81. The molecule has 0 heterocycles. The van der Waals surface area contributed by atoms with Crippen molar-refractivity contribution >= 4 is 21.9 Å². The fourth-order valence-corrected chi connectivity index (χ4v) is 2.16. The van der Waals surface area contributed by atoms with Crippen LogP contribution in [0.4, 0.5) is 0 Å². The Bertz CT molecular complexity index is 633. The van der Waals surface area contributed by atoms with Crippen molar-refractivity contribution in [1.29, 1.82) is 0 Å². The van der Waals surface area contributed by atoms with E-state index in [9.17, 15) is 4.79 Å². The highest BCUT2D eigenvalue weighted by Crippen LogP contribution is 2.25. The first-order chi connectivity index (χ1) is 11.0. The van der Waals surface area contributed by atoms with Crippen LogP contribution in [0.3, 0.4) is 0 Å². The van der Waals surface area contributed by atoms with Gasteiger partial charge in [-0.3, -0.25) is 4.79 Å². The lowest BCUT2D eigenvalue weighted by Gasteiger charge is -2.13. The van der Waals surface area contributed by atoms with E-state index in [1.54, 1.807) is 0 Å². The topological polar surface area (TPSA) is 35.5 Å². The van der Waals surface area contributed by atoms with Gasteiger partial charge in [0.2, 0.25) is 0 Å². The SMILES string of the molecule is CCOc1ccc(-c2ccc(OC(=O)C(Br)C(C)C)cc2)cc1. The molecule has 0 aromatic heterocycles. The smallest absolute Gasteiger partial charge is 0.325 e. The number of esters is 1. The third-order valence-corrected chi connectivity index (χ3v) is 4.81. The molecule has 0 saturated heterocycles. The van der Waals surface area contributed by atoms with Gasteiger partial charge in [-0.1, -0.05) is 54.0 Å². The van der Waals surface area contributed by atoms with Crippen LogP contribution in [0.15, 0.2) is 48.5 Å². The van der Waals surface area contributed by atoms with E-state index in [0.717, 1.165) is 16.9 Å². The van der Waals surface area contributed by atoms with Gasteiger partial charge < -0.3 is 9.47 Å². The molecule has 0 aliphatic rings. The summed E-state index contributed by atoms with van der Waals surface area (Å²) >= 11 is 3.35. The Morgan fingerprint density at radius 2 is 1.43 bits per heavy atom. The van der Waals surface area contributed by atoms with Gasteiger partial charge in [-0.2, -0.15) is 0 Å². The van der Waals surface area contributed by atoms with E-state index in [0.29, 0.717) is 12.4 Å². The van der Waals surface area contributed by atoms with Crippen molar-refractivity contribution in [3.05, 3.63) is 48.5 Å². The minimum atomic E-state index is -0.298. The van der Waals surface area contributed by atoms with Gasteiger partial charge in [-0.25, -0.2) is 0 Å². The second kappa shape index (κ2) is 8.16. The summed E-state index contributed by atoms with van der Waals surface area (Å²) in [6, 6.07) is 15.4. The van der Waals surface area contributed by atoms with E-state index in [1.807, 2.05) is 69.3 Å². The average molecular weight is 377 g/mol. The van der Waals surface area contributed by atoms with Gasteiger partial charge in [0.1, 0.15) is 16.3 Å². The van der Waals surface area contributed by atoms with Gasteiger partial charge >= 0.3 is 5.97 Å². The van der Waals surface area contributed by atoms with Crippen LogP contribution in [0, 0.1) is 5.92 Å². The standard InChI is InChI=1S/C19H21BrO3/c1-4-22-16-9-5-14(6-10-16)15-7-11-17(12-8-15)23-19(21)18(20)13(2)3/h5-13,18H,4H2,1-3H3. The third kappa shape index (κ3) is 4.83. The van der Waals surface area contributed by atoms with Crippen molar-refractivity contribution in [2.45, 2.75) is 25.6 Å². The number of ether oxygens (including phenoxy) is 2. The number of carbonyl (C=O) groups is 1. The normalized spacial score (nSPS) is 12.0. The molecule has 1 unspecified atom stereocenters. The van der Waals surface area contributed by atoms with E-state index in [4.69, 9.17) is 9.47 Å². The number of carbonyl (C=O) groups excluding carboxylic acids is 1. The minimum Gasteiger partial charge on any atom is -0.494 e. The van der Waals surface area contributed by atoms with Gasteiger partial charge in [-0.05, 0) is 48.2 Å². The summed E-state index contributed by atoms with van der Waals surface area (Å²) in [6.45, 7) is 6.56. The number of hydrogen-bond donors (Lipinski definition) is 0. The molecule has 0 bridgehead atoms. The summed E-state index contributed by atoms with van der Waals surface area (Å²) in [5, 5.41) is 0. The van der Waals surface area contributed by atoms with Crippen LogP contribution in [-0.2, 0) is 4.79 Å². The van der Waals surface area contributed by atoms with E-state index >= 15 is 0 Å². The summed E-state index contributed by atoms with van der Waals surface area (Å²) < 4.78 is 10.8. The van der Waals surface area contributed by atoms with E-state index in [2.05, 4.69) is 15.9 Å². The average Bonchev–Trinajstić information content (AvgIpc) is 2.56. The molecule has 1 atom stereocenters. The molecule has 2 aromatic rings. The van der Waals surface area contributed by atoms with Crippen molar-refractivity contribution in [3.63, 3.8) is 0 Å². The summed E-state index contributed by atoms with van der Waals surface area (Å²) in [4.78, 5) is 11.6. The zero-order valence-electron chi connectivity index (χ0n) is 13.6. The van der Waals surface area contributed by atoms with Crippen LogP contribution in [0.25, 0.3) is 11.1 Å². The number of halogens is 1. The second-order valence-electron chi connectivity index (χ2n) is 5.55. The first-order valence-electron chi connectivity index (χ1n) is 7.70. The molecule has 3 nitrogen and oxygen atoms in total. The zero-order chi connectivity index (χ0) is 16.8. The maximum Gasteiger partial charge on any atom is 0.325 e. The molecule has 0 radical (unpaired) electrons. The monoisotopic (exact) mass is 376 g/mol. The van der Waals surface area contributed by atoms with Crippen molar-refractivity contribution < 1.29 is 14.3 Å². The van der Waals surface area contributed by atoms with Gasteiger partial charge in [-0.15, -0.1) is 0 Å². The molecule has 4 heteroatoms. The molecule has 0 aliphatic carbocycles. The van der Waals surface area contributed by atoms with Gasteiger partial charge in [0.25, 0.3) is 0 Å². The molecule has 2 aromatic carbocycles. The number of alkyl halides is 1. The molecule has 2 rings (SSSR count). The fourth-order valence-electron chi connectivity index (χ4n) is 2.07. The molecule has 0 spiro atoms. The van der Waals surface area contributed by atoms with Gasteiger partial charge in [0, 0.05) is 0 Å². The molecule has 0 fully saturated rings. The Labute approximate surface area is 145 Å². The highest BCUT2D eigenvalue weighted by molar-refractivity contribution is 9.10. The van der Waals surface area contributed by atoms with Gasteiger partial charge in [0.05, 0.1) is 6.61 Å². The number of benzene rings is 2. The van der Waals surface area contributed by atoms with Crippen LogP contribution in [-0.4, -0.2) is 17.4 Å². The van der Waals surface area contributed by atoms with E-state index < -0.39 is 0 Å². The number of rotatable bonds is 6. The zero-order valence-corrected chi connectivity index (χ0v) is 15.2. The van der Waals surface area contributed by atoms with Crippen molar-refractivity contribution in [2.24, 2.45) is 5.92 Å². The first-order valence-corrected chi connectivity index (χ1v) is 8.62. The van der Waals surface area contributed by atoms with Crippen molar-refractivity contribution in [3.8, 4) is 22.6 Å². The summed E-state index contributed by atoms with van der Waals surface area (Å²) in [5.74, 6) is 1.33. The largest absolute Gasteiger partial charge is 0.494 e. The molecular weight excluding hydrogens is 356 g/mol. The van der Waals surface area contributed by atoms with E-state index in [-0.39, 0.29) is 16.7 Å². The highest BCUT2D eigenvalue weighted by atomic mass is 79.9. The molecular formula is C19H21BrO3. The molecule has 0 N–H and O–H groups in total. The summed E-state index contributed by atoms with van der Waals surface area (Å²) in [7, 11) is 0. The Kier molecular flexibility index (Phi) is 6.22. The first kappa shape index (κ1) is 17.5. The van der Waals surface area contributed by atoms with Crippen LogP contribution in [0.5, 0.6) is 11.5 Å². The molecule has 0 saturated carbocycles. The summed E-state index contributed by atoms with van der Waals surface area (Å²) in [5.41, 5.74) is 2.15. The molecule has 122 valence electrons. The van der Waals surface area contributed by atoms with Crippen LogP contribution >= 0.6 is 15.9 Å². The maximum atomic E-state index is 11.9.